The van der Waals surface area contributed by atoms with Crippen LogP contribution in [0.5, 0.6) is 0 Å². The summed E-state index contributed by atoms with van der Waals surface area (Å²) in [5.41, 5.74) is 0. The van der Waals surface area contributed by atoms with E-state index < -0.39 is 0 Å². The lowest BCUT2D eigenvalue weighted by Gasteiger charge is -2.36. The molecule has 1 unspecified atom stereocenters. The molecule has 1 saturated heterocycles. The van der Waals surface area contributed by atoms with Crippen LogP contribution in [0.15, 0.2) is 11.6 Å². The summed E-state index contributed by atoms with van der Waals surface area (Å²) >= 11 is 1.64. The molecule has 23 heavy (non-hydrogen) atoms. The van der Waals surface area contributed by atoms with Gasteiger partial charge in [0.25, 0.3) is 0 Å². The van der Waals surface area contributed by atoms with Crippen LogP contribution in [0.3, 0.4) is 0 Å². The Balaban J connectivity index is 1.45. The normalized spacial score (nSPS) is 21.3. The number of hydrogen-bond donors (Lipinski definition) is 0. The molecule has 2 aliphatic rings. The van der Waals surface area contributed by atoms with E-state index in [2.05, 4.69) is 24.6 Å². The number of amides is 1. The monoisotopic (exact) mass is 332 g/mol. The van der Waals surface area contributed by atoms with E-state index in [1.165, 1.54) is 0 Å². The van der Waals surface area contributed by atoms with Crippen molar-refractivity contribution in [3.05, 3.63) is 23.2 Å². The molecule has 0 bridgehead atoms. The molecule has 0 N–H and O–H groups in total. The average Bonchev–Trinajstić information content (AvgIpc) is 3.24. The Labute approximate surface area is 138 Å². The molecule has 4 rings (SSSR count). The smallest absolute Gasteiger partial charge is 0.227 e. The molecule has 0 aromatic carbocycles. The van der Waals surface area contributed by atoms with E-state index in [4.69, 9.17) is 0 Å². The van der Waals surface area contributed by atoms with Crippen LogP contribution in [0.2, 0.25) is 0 Å². The molecule has 4 heterocycles. The van der Waals surface area contributed by atoms with Crippen LogP contribution in [-0.2, 0) is 17.9 Å². The van der Waals surface area contributed by atoms with Gasteiger partial charge in [0.2, 0.25) is 5.91 Å². The third-order valence-corrected chi connectivity index (χ3v) is 5.54. The fourth-order valence-corrected chi connectivity index (χ4v) is 4.15. The lowest BCUT2D eigenvalue weighted by molar-refractivity contribution is -0.137. The van der Waals surface area contributed by atoms with Crippen molar-refractivity contribution in [2.45, 2.75) is 32.9 Å². The van der Waals surface area contributed by atoms with Crippen molar-refractivity contribution in [3.63, 3.8) is 0 Å². The molecule has 0 radical (unpaired) electrons. The number of nitrogens with zero attached hydrogens (tertiary/aromatic N) is 6. The molecule has 0 aliphatic carbocycles. The Kier molecular flexibility index (Phi) is 3.76. The summed E-state index contributed by atoms with van der Waals surface area (Å²) in [7, 11) is 0. The molecule has 2 aromatic rings. The fraction of sp³-hybridized carbons (Fsp3) is 0.600. The number of piperidine rings is 1. The third-order valence-electron chi connectivity index (χ3n) is 4.71. The maximum absolute atomic E-state index is 12.9. The van der Waals surface area contributed by atoms with Gasteiger partial charge in [0, 0.05) is 37.8 Å². The standard InChI is InChI=1S/C15H20N6OS/c1-11-17-18-13-10-19(6-7-21(11)13)14(22)12-3-2-5-20(9-12)15-16-4-8-23-15/h4,8,12H,2-3,5-7,9-10H2,1H3. The second-order valence-electron chi connectivity index (χ2n) is 6.17. The molecule has 2 aliphatic heterocycles. The Morgan fingerprint density at radius 1 is 1.30 bits per heavy atom. The number of fused-ring (bicyclic) bond motifs is 1. The van der Waals surface area contributed by atoms with Crippen LogP contribution >= 0.6 is 11.3 Å². The molecule has 2 aromatic heterocycles. The Morgan fingerprint density at radius 2 is 2.22 bits per heavy atom. The summed E-state index contributed by atoms with van der Waals surface area (Å²) < 4.78 is 2.10. The highest BCUT2D eigenvalue weighted by molar-refractivity contribution is 7.13. The van der Waals surface area contributed by atoms with Crippen LogP contribution in [0.1, 0.15) is 24.5 Å². The summed E-state index contributed by atoms with van der Waals surface area (Å²) in [5, 5.41) is 11.3. The van der Waals surface area contributed by atoms with Gasteiger partial charge in [0.1, 0.15) is 5.82 Å². The first-order chi connectivity index (χ1) is 11.2. The summed E-state index contributed by atoms with van der Waals surface area (Å²) in [6.07, 6.45) is 3.83. The van der Waals surface area contributed by atoms with Gasteiger partial charge in [-0.15, -0.1) is 21.5 Å². The first-order valence-corrected chi connectivity index (χ1v) is 8.92. The molecule has 122 valence electrons. The SMILES string of the molecule is Cc1nnc2n1CCN(C(=O)C1CCCN(c3nccs3)C1)C2. The maximum atomic E-state index is 12.9. The van der Waals surface area contributed by atoms with E-state index in [9.17, 15) is 4.79 Å². The molecular weight excluding hydrogens is 312 g/mol. The van der Waals surface area contributed by atoms with Gasteiger partial charge in [-0.05, 0) is 19.8 Å². The van der Waals surface area contributed by atoms with Crippen molar-refractivity contribution < 1.29 is 4.79 Å². The molecule has 1 fully saturated rings. The molecule has 8 heteroatoms. The molecule has 1 atom stereocenters. The summed E-state index contributed by atoms with van der Waals surface area (Å²) in [4.78, 5) is 21.5. The molecule has 0 spiro atoms. The fourth-order valence-electron chi connectivity index (χ4n) is 3.47. The summed E-state index contributed by atoms with van der Waals surface area (Å²) in [6.45, 7) is 5.84. The highest BCUT2D eigenvalue weighted by Crippen LogP contribution is 2.26. The molecular formula is C15H20N6OS. The Hall–Kier alpha value is -1.96. The number of carbonyl (C=O) groups excluding carboxylic acids is 1. The lowest BCUT2D eigenvalue weighted by atomic mass is 9.96. The van der Waals surface area contributed by atoms with Gasteiger partial charge < -0.3 is 14.4 Å². The molecule has 1 amide bonds. The number of anilines is 1. The minimum atomic E-state index is 0.0585. The quantitative estimate of drug-likeness (QED) is 0.829. The average molecular weight is 332 g/mol. The van der Waals surface area contributed by atoms with Crippen molar-refractivity contribution in [1.82, 2.24) is 24.6 Å². The Bertz CT molecular complexity index is 697. The van der Waals surface area contributed by atoms with Gasteiger partial charge in [-0.1, -0.05) is 0 Å². The van der Waals surface area contributed by atoms with Crippen LogP contribution in [0.25, 0.3) is 0 Å². The van der Waals surface area contributed by atoms with Crippen LogP contribution in [-0.4, -0.2) is 50.2 Å². The molecule has 7 nitrogen and oxygen atoms in total. The number of hydrogen-bond acceptors (Lipinski definition) is 6. The van der Waals surface area contributed by atoms with Crippen molar-refractivity contribution in [3.8, 4) is 0 Å². The second kappa shape index (κ2) is 5.92. The van der Waals surface area contributed by atoms with Gasteiger partial charge >= 0.3 is 0 Å². The third kappa shape index (κ3) is 2.71. The van der Waals surface area contributed by atoms with Crippen molar-refractivity contribution in [2.24, 2.45) is 5.92 Å². The first kappa shape index (κ1) is 14.6. The van der Waals surface area contributed by atoms with Gasteiger partial charge in [-0.25, -0.2) is 4.98 Å². The first-order valence-electron chi connectivity index (χ1n) is 8.04. The number of aromatic nitrogens is 4. The largest absolute Gasteiger partial charge is 0.347 e. The van der Waals surface area contributed by atoms with Crippen LogP contribution in [0.4, 0.5) is 5.13 Å². The van der Waals surface area contributed by atoms with E-state index in [1.54, 1.807) is 11.3 Å². The zero-order valence-corrected chi connectivity index (χ0v) is 14.0. The second-order valence-corrected chi connectivity index (χ2v) is 7.05. The van der Waals surface area contributed by atoms with Gasteiger partial charge in [0.05, 0.1) is 12.5 Å². The minimum absolute atomic E-state index is 0.0585. The number of rotatable bonds is 2. The zero-order valence-electron chi connectivity index (χ0n) is 13.2. The van der Waals surface area contributed by atoms with Gasteiger partial charge in [-0.3, -0.25) is 4.79 Å². The summed E-state index contributed by atoms with van der Waals surface area (Å²) in [6, 6.07) is 0. The Morgan fingerprint density at radius 3 is 3.04 bits per heavy atom. The number of aryl methyl sites for hydroxylation is 1. The minimum Gasteiger partial charge on any atom is -0.347 e. The van der Waals surface area contributed by atoms with E-state index in [1.807, 2.05) is 23.4 Å². The zero-order chi connectivity index (χ0) is 15.8. The topological polar surface area (TPSA) is 67.2 Å². The highest BCUT2D eigenvalue weighted by atomic mass is 32.1. The van der Waals surface area contributed by atoms with Crippen molar-refractivity contribution in [2.75, 3.05) is 24.5 Å². The molecule has 0 saturated carbocycles. The number of carbonyl (C=O) groups is 1. The highest BCUT2D eigenvalue weighted by Gasteiger charge is 2.32. The van der Waals surface area contributed by atoms with E-state index in [-0.39, 0.29) is 11.8 Å². The van der Waals surface area contributed by atoms with E-state index in [0.717, 1.165) is 55.8 Å². The van der Waals surface area contributed by atoms with Gasteiger partial charge in [0.15, 0.2) is 11.0 Å². The number of thiazole rings is 1. The lowest BCUT2D eigenvalue weighted by Crippen LogP contribution is -2.47. The van der Waals surface area contributed by atoms with Gasteiger partial charge in [-0.2, -0.15) is 0 Å². The maximum Gasteiger partial charge on any atom is 0.227 e. The predicted octanol–water partition coefficient (Wildman–Crippen LogP) is 1.30. The van der Waals surface area contributed by atoms with E-state index in [0.29, 0.717) is 6.54 Å². The predicted molar refractivity (Wildman–Crippen MR) is 87.2 cm³/mol. The summed E-state index contributed by atoms with van der Waals surface area (Å²) in [5.74, 6) is 2.13. The van der Waals surface area contributed by atoms with Crippen LogP contribution < -0.4 is 4.90 Å². The van der Waals surface area contributed by atoms with Crippen LogP contribution in [0, 0.1) is 12.8 Å². The van der Waals surface area contributed by atoms with Crippen molar-refractivity contribution in [1.29, 1.82) is 0 Å². The van der Waals surface area contributed by atoms with Crippen molar-refractivity contribution >= 4 is 22.4 Å². The van der Waals surface area contributed by atoms with E-state index >= 15 is 0 Å².